The Morgan fingerprint density at radius 3 is 2.00 bits per heavy atom. The second-order valence-electron chi connectivity index (χ2n) is 14.5. The maximum atomic E-state index is 12.2. The number of ketones is 2. The summed E-state index contributed by atoms with van der Waals surface area (Å²) < 4.78 is 14.9. The fraction of sp³-hybridized carbons (Fsp3) is 0.378. The van der Waals surface area contributed by atoms with Gasteiger partial charge in [0.2, 0.25) is 5.52 Å². The number of hydrogen-bond donors (Lipinski definition) is 1. The molecule has 0 saturated heterocycles. The smallest absolute Gasteiger partial charge is 0.336 e. The van der Waals surface area contributed by atoms with E-state index in [1.54, 1.807) is 37.4 Å². The highest BCUT2D eigenvalue weighted by Gasteiger charge is 2.26. The summed E-state index contributed by atoms with van der Waals surface area (Å²) in [6.45, 7) is 17.2. The summed E-state index contributed by atoms with van der Waals surface area (Å²) in [5.74, 6) is 0.970. The number of methoxy groups -OCH3 is 1. The number of phenolic OH excluding ortho intramolecular Hbond substituents is 1. The predicted molar refractivity (Wildman–Crippen MR) is 186 cm³/mol. The lowest BCUT2D eigenvalue weighted by molar-refractivity contribution is -0.383. The molecule has 49 heavy (non-hydrogen) atoms. The number of nitro benzene ring substituents is 1. The van der Waals surface area contributed by atoms with Crippen molar-refractivity contribution in [3.05, 3.63) is 97.9 Å². The van der Waals surface area contributed by atoms with Gasteiger partial charge in [0.25, 0.3) is 0 Å². The molecule has 5 rings (SSSR count). The number of carbonyl (C=O) groups is 2. The summed E-state index contributed by atoms with van der Waals surface area (Å²) in [5.41, 5.74) is 1.83. The Labute approximate surface area is 284 Å². The van der Waals surface area contributed by atoms with Crippen molar-refractivity contribution in [2.75, 3.05) is 7.11 Å². The van der Waals surface area contributed by atoms with Gasteiger partial charge in [0, 0.05) is 46.4 Å². The Morgan fingerprint density at radius 2 is 1.47 bits per heavy atom. The van der Waals surface area contributed by atoms with E-state index >= 15 is 0 Å². The zero-order chi connectivity index (χ0) is 36.9. The molecule has 12 heteroatoms. The topological polar surface area (TPSA) is 176 Å². The average molecular weight is 674 g/mol. The number of rotatable bonds is 5. The molecule has 0 fully saturated rings. The summed E-state index contributed by atoms with van der Waals surface area (Å²) in [6.07, 6.45) is 0.220. The zero-order valence-corrected chi connectivity index (χ0v) is 29.5. The lowest BCUT2D eigenvalue weighted by atomic mass is 9.86. The average Bonchev–Trinajstić information content (AvgIpc) is 3.49. The molecular weight excluding hydrogens is 630 g/mol. The van der Waals surface area contributed by atoms with Gasteiger partial charge in [-0.25, -0.2) is 9.42 Å². The Hall–Kier alpha value is -5.39. The van der Waals surface area contributed by atoms with Crippen LogP contribution in [-0.2, 0) is 16.6 Å². The number of ether oxygens (including phenoxy) is 1. The highest BCUT2D eigenvalue weighted by molar-refractivity contribution is 5.99. The molecule has 5 aromatic rings. The number of aromatic nitrogens is 2. The maximum absolute atomic E-state index is 12.2. The molecule has 0 aliphatic carbocycles. The monoisotopic (exact) mass is 673 g/mol. The number of hydrogen-bond acceptors (Lipinski definition) is 11. The van der Waals surface area contributed by atoms with E-state index in [4.69, 9.17) is 14.3 Å². The van der Waals surface area contributed by atoms with Crippen LogP contribution in [0.2, 0.25) is 0 Å². The largest absolute Gasteiger partial charge is 0.508 e. The third-order valence-electron chi connectivity index (χ3n) is 7.43. The van der Waals surface area contributed by atoms with Crippen molar-refractivity contribution in [3.63, 3.8) is 0 Å². The number of nitrogens with zero attached hydrogens (tertiary/aromatic N) is 3. The second kappa shape index (κ2) is 14.8. The summed E-state index contributed by atoms with van der Waals surface area (Å²) in [5, 5.41) is 27.9. The predicted octanol–water partition coefficient (Wildman–Crippen LogP) is 8.01. The molecule has 0 spiro atoms. The number of nitro groups is 1. The highest BCUT2D eigenvalue weighted by atomic mass is 16.6. The van der Waals surface area contributed by atoms with E-state index in [9.17, 15) is 24.5 Å². The third-order valence-corrected chi connectivity index (χ3v) is 7.43. The number of phenols is 1. The van der Waals surface area contributed by atoms with Crippen molar-refractivity contribution in [2.45, 2.75) is 74.1 Å². The van der Waals surface area contributed by atoms with Crippen LogP contribution >= 0.6 is 0 Å². The van der Waals surface area contributed by atoms with E-state index in [1.807, 2.05) is 68.4 Å². The number of Topliss-reactive ketones (excluding diaryl/α,β-unsaturated/α-hetero) is 2. The van der Waals surface area contributed by atoms with Crippen molar-refractivity contribution in [2.24, 2.45) is 10.8 Å². The van der Waals surface area contributed by atoms with Crippen LogP contribution in [0.1, 0.15) is 83.8 Å². The molecule has 1 N–H and O–H groups in total. The van der Waals surface area contributed by atoms with E-state index in [0.29, 0.717) is 28.0 Å². The number of aromatic hydroxyl groups is 1. The zero-order valence-electron chi connectivity index (χ0n) is 29.5. The van der Waals surface area contributed by atoms with Crippen LogP contribution in [0.5, 0.6) is 11.5 Å². The summed E-state index contributed by atoms with van der Waals surface area (Å²) in [6, 6.07) is 16.1. The van der Waals surface area contributed by atoms with Crippen LogP contribution in [0.25, 0.3) is 22.0 Å². The van der Waals surface area contributed by atoms with Crippen LogP contribution in [0, 0.1) is 20.9 Å². The summed E-state index contributed by atoms with van der Waals surface area (Å²) in [4.78, 5) is 45.7. The van der Waals surface area contributed by atoms with E-state index in [1.165, 1.54) is 24.3 Å². The lowest BCUT2D eigenvalue weighted by Gasteiger charge is -2.18. The molecule has 0 bridgehead atoms. The second-order valence-corrected chi connectivity index (χ2v) is 14.5. The molecule has 260 valence electrons. The van der Waals surface area contributed by atoms with Gasteiger partial charge in [-0.1, -0.05) is 62.3 Å². The van der Waals surface area contributed by atoms with Gasteiger partial charge < -0.3 is 14.3 Å². The summed E-state index contributed by atoms with van der Waals surface area (Å²) >= 11 is 0. The van der Waals surface area contributed by atoms with E-state index in [2.05, 4.69) is 14.9 Å². The molecular formula is C37H43N3O9. The molecule has 0 aliphatic rings. The van der Waals surface area contributed by atoms with Crippen LogP contribution in [0.15, 0.2) is 74.5 Å². The van der Waals surface area contributed by atoms with Crippen molar-refractivity contribution in [3.8, 4) is 11.5 Å². The number of fused-ring (bicyclic) bond motifs is 2. The normalized spacial score (nSPS) is 11.6. The summed E-state index contributed by atoms with van der Waals surface area (Å²) in [7, 11) is 1.55. The molecule has 0 amide bonds. The molecule has 0 saturated carbocycles. The Bertz CT molecular complexity index is 2020. The van der Waals surface area contributed by atoms with Gasteiger partial charge in [-0.05, 0) is 69.3 Å². The molecule has 2 heterocycles. The molecule has 0 atom stereocenters. The van der Waals surface area contributed by atoms with E-state index in [0.717, 1.165) is 10.9 Å². The SMILES string of the molecule is CC(C)(C)C(=O)c1ccc(O)cc1.CC(C)(C)c1ccc([N+](=O)[O-])c2nonc12.COc1ccc2c(CC(=O)C(C)(C)C)cc(=O)oc2c1. The van der Waals surface area contributed by atoms with Crippen LogP contribution in [-0.4, -0.2) is 39.0 Å². The first-order valence-electron chi connectivity index (χ1n) is 15.5. The van der Waals surface area contributed by atoms with Gasteiger partial charge in [0.15, 0.2) is 5.78 Å². The van der Waals surface area contributed by atoms with Gasteiger partial charge in [-0.15, -0.1) is 0 Å². The molecule has 2 aromatic heterocycles. The van der Waals surface area contributed by atoms with Crippen LogP contribution in [0.3, 0.4) is 0 Å². The van der Waals surface area contributed by atoms with Gasteiger partial charge in [0.05, 0.1) is 12.0 Å². The van der Waals surface area contributed by atoms with Gasteiger partial charge in [-0.2, -0.15) is 0 Å². The Morgan fingerprint density at radius 1 is 0.857 bits per heavy atom. The minimum Gasteiger partial charge on any atom is -0.508 e. The van der Waals surface area contributed by atoms with E-state index in [-0.39, 0.29) is 45.8 Å². The fourth-order valence-electron chi connectivity index (χ4n) is 4.57. The molecule has 0 radical (unpaired) electrons. The van der Waals surface area contributed by atoms with Gasteiger partial charge in [-0.3, -0.25) is 19.7 Å². The standard InChI is InChI=1S/C16H18O4.C11H14O2.C10H11N3O3/c1-16(2,3)14(17)7-10-8-15(18)20-13-9-11(19-4)5-6-12(10)13;1-11(2,3)10(13)8-4-6-9(12)7-5-8;1-10(2,3)6-4-5-7(13(14)15)9-8(6)11-16-12-9/h5-6,8-9H,7H2,1-4H3;4-7,12H,1-3H3;4-5H,1-3H3. The first-order chi connectivity index (χ1) is 22.6. The Kier molecular flexibility index (Phi) is 11.5. The minimum absolute atomic E-state index is 0.0794. The maximum Gasteiger partial charge on any atom is 0.336 e. The van der Waals surface area contributed by atoms with Crippen molar-refractivity contribution < 1.29 is 33.4 Å². The first-order valence-corrected chi connectivity index (χ1v) is 15.5. The molecule has 3 aromatic carbocycles. The minimum atomic E-state index is -0.487. The number of carbonyl (C=O) groups excluding carboxylic acids is 2. The first kappa shape index (κ1) is 38.1. The van der Waals surface area contributed by atoms with Crippen molar-refractivity contribution in [1.29, 1.82) is 0 Å². The quantitative estimate of drug-likeness (QED) is 0.0827. The van der Waals surface area contributed by atoms with Crippen LogP contribution < -0.4 is 10.4 Å². The Balaban J connectivity index is 0.000000204. The molecule has 0 aliphatic heterocycles. The third kappa shape index (κ3) is 9.82. The van der Waals surface area contributed by atoms with Gasteiger partial charge in [0.1, 0.15) is 28.4 Å². The number of benzene rings is 3. The van der Waals surface area contributed by atoms with Gasteiger partial charge >= 0.3 is 11.3 Å². The van der Waals surface area contributed by atoms with E-state index < -0.39 is 16.0 Å². The molecule has 12 nitrogen and oxygen atoms in total. The fourth-order valence-corrected chi connectivity index (χ4v) is 4.57. The van der Waals surface area contributed by atoms with Crippen molar-refractivity contribution in [1.82, 2.24) is 10.3 Å². The molecule has 0 unspecified atom stereocenters. The highest BCUT2D eigenvalue weighted by Crippen LogP contribution is 2.33. The van der Waals surface area contributed by atoms with Crippen LogP contribution in [0.4, 0.5) is 5.69 Å². The lowest BCUT2D eigenvalue weighted by Crippen LogP contribution is -2.22. The van der Waals surface area contributed by atoms with Crippen molar-refractivity contribution >= 4 is 39.3 Å². The number of non-ortho nitro benzene ring substituents is 1.